The molecule has 2 N–H and O–H groups in total. The molecular formula is C18H22N4O3. The number of amides is 1. The van der Waals surface area contributed by atoms with Crippen molar-refractivity contribution in [3.63, 3.8) is 0 Å². The fourth-order valence-electron chi connectivity index (χ4n) is 2.34. The molecule has 132 valence electrons. The van der Waals surface area contributed by atoms with Crippen molar-refractivity contribution in [2.45, 2.75) is 26.8 Å². The molecule has 0 radical (unpaired) electrons. The second-order valence-electron chi connectivity index (χ2n) is 6.27. The SMILES string of the molecule is CC(C)CCNc1ncc(C(=O)NCc2ccc3c(c2)OCO3)cn1. The molecule has 7 nitrogen and oxygen atoms in total. The molecule has 1 aliphatic rings. The summed E-state index contributed by atoms with van der Waals surface area (Å²) in [7, 11) is 0. The number of carbonyl (C=O) groups is 1. The van der Waals surface area contributed by atoms with Crippen LogP contribution in [0.2, 0.25) is 0 Å². The van der Waals surface area contributed by atoms with Gasteiger partial charge in [-0.3, -0.25) is 4.79 Å². The Morgan fingerprint density at radius 3 is 2.72 bits per heavy atom. The first-order valence-corrected chi connectivity index (χ1v) is 8.34. The lowest BCUT2D eigenvalue weighted by Gasteiger charge is -2.08. The Kier molecular flexibility index (Phi) is 5.33. The second-order valence-corrected chi connectivity index (χ2v) is 6.27. The van der Waals surface area contributed by atoms with E-state index in [2.05, 4.69) is 34.4 Å². The molecule has 0 aliphatic carbocycles. The van der Waals surface area contributed by atoms with Gasteiger partial charge in [0.05, 0.1) is 5.56 Å². The summed E-state index contributed by atoms with van der Waals surface area (Å²) in [6.45, 7) is 5.77. The van der Waals surface area contributed by atoms with Gasteiger partial charge in [0, 0.05) is 25.5 Å². The second kappa shape index (κ2) is 7.83. The molecule has 0 saturated carbocycles. The molecule has 0 fully saturated rings. The third-order valence-corrected chi connectivity index (χ3v) is 3.81. The predicted octanol–water partition coefficient (Wildman–Crippen LogP) is 2.59. The summed E-state index contributed by atoms with van der Waals surface area (Å²) in [6.07, 6.45) is 4.10. The Bertz CT molecular complexity index is 732. The molecule has 0 atom stereocenters. The summed E-state index contributed by atoms with van der Waals surface area (Å²) >= 11 is 0. The maximum atomic E-state index is 12.2. The number of benzene rings is 1. The molecule has 0 spiro atoms. The van der Waals surface area contributed by atoms with Gasteiger partial charge in [0.25, 0.3) is 5.91 Å². The minimum atomic E-state index is -0.216. The normalized spacial score (nSPS) is 12.3. The number of rotatable bonds is 7. The Morgan fingerprint density at radius 1 is 1.20 bits per heavy atom. The Balaban J connectivity index is 1.51. The fourth-order valence-corrected chi connectivity index (χ4v) is 2.34. The lowest BCUT2D eigenvalue weighted by molar-refractivity contribution is 0.0950. The minimum absolute atomic E-state index is 0.216. The maximum Gasteiger partial charge on any atom is 0.254 e. The van der Waals surface area contributed by atoms with Gasteiger partial charge in [0.2, 0.25) is 12.7 Å². The van der Waals surface area contributed by atoms with Crippen molar-refractivity contribution in [2.75, 3.05) is 18.7 Å². The molecule has 1 amide bonds. The van der Waals surface area contributed by atoms with Crippen molar-refractivity contribution < 1.29 is 14.3 Å². The third kappa shape index (κ3) is 4.59. The van der Waals surface area contributed by atoms with Crippen LogP contribution in [0.4, 0.5) is 5.95 Å². The van der Waals surface area contributed by atoms with Crippen LogP contribution >= 0.6 is 0 Å². The standard InChI is InChI=1S/C18H22N4O3/c1-12(2)5-6-19-18-21-9-14(10-22-18)17(23)20-8-13-3-4-15-16(7-13)25-11-24-15/h3-4,7,9-10,12H,5-6,8,11H2,1-2H3,(H,20,23)(H,19,21,22). The number of anilines is 1. The number of ether oxygens (including phenoxy) is 2. The molecule has 1 aromatic heterocycles. The van der Waals surface area contributed by atoms with Crippen LogP contribution in [0, 0.1) is 5.92 Å². The summed E-state index contributed by atoms with van der Waals surface area (Å²) in [5.41, 5.74) is 1.36. The van der Waals surface area contributed by atoms with Gasteiger partial charge in [-0.1, -0.05) is 19.9 Å². The molecule has 7 heteroatoms. The lowest BCUT2D eigenvalue weighted by atomic mass is 10.1. The molecule has 2 aromatic rings. The summed E-state index contributed by atoms with van der Waals surface area (Å²) in [5.74, 6) is 2.36. The van der Waals surface area contributed by atoms with E-state index in [0.29, 0.717) is 29.7 Å². The Labute approximate surface area is 146 Å². The highest BCUT2D eigenvalue weighted by Crippen LogP contribution is 2.32. The van der Waals surface area contributed by atoms with E-state index in [4.69, 9.17) is 9.47 Å². The number of nitrogens with one attached hydrogen (secondary N) is 2. The quantitative estimate of drug-likeness (QED) is 0.804. The van der Waals surface area contributed by atoms with E-state index in [0.717, 1.165) is 24.3 Å². The van der Waals surface area contributed by atoms with Crippen molar-refractivity contribution in [3.05, 3.63) is 41.7 Å². The van der Waals surface area contributed by atoms with Crippen molar-refractivity contribution in [1.82, 2.24) is 15.3 Å². The van der Waals surface area contributed by atoms with Gasteiger partial charge in [-0.15, -0.1) is 0 Å². The van der Waals surface area contributed by atoms with Crippen LogP contribution < -0.4 is 20.1 Å². The predicted molar refractivity (Wildman–Crippen MR) is 93.7 cm³/mol. The van der Waals surface area contributed by atoms with Crippen LogP contribution in [-0.4, -0.2) is 29.2 Å². The van der Waals surface area contributed by atoms with Gasteiger partial charge in [-0.2, -0.15) is 0 Å². The van der Waals surface area contributed by atoms with E-state index in [1.165, 1.54) is 12.4 Å². The van der Waals surface area contributed by atoms with Crippen molar-refractivity contribution >= 4 is 11.9 Å². The molecule has 0 unspecified atom stereocenters. The average molecular weight is 342 g/mol. The molecule has 0 bridgehead atoms. The van der Waals surface area contributed by atoms with Crippen LogP contribution in [-0.2, 0) is 6.54 Å². The topological polar surface area (TPSA) is 85.4 Å². The first-order chi connectivity index (χ1) is 12.1. The van der Waals surface area contributed by atoms with Crippen molar-refractivity contribution in [2.24, 2.45) is 5.92 Å². The van der Waals surface area contributed by atoms with E-state index in [1.807, 2.05) is 18.2 Å². The smallest absolute Gasteiger partial charge is 0.254 e. The molecular weight excluding hydrogens is 320 g/mol. The van der Waals surface area contributed by atoms with E-state index in [1.54, 1.807) is 0 Å². The van der Waals surface area contributed by atoms with Gasteiger partial charge in [-0.25, -0.2) is 9.97 Å². The molecule has 1 aliphatic heterocycles. The van der Waals surface area contributed by atoms with Gasteiger partial charge in [0.15, 0.2) is 11.5 Å². The number of nitrogens with zero attached hydrogens (tertiary/aromatic N) is 2. The highest BCUT2D eigenvalue weighted by molar-refractivity contribution is 5.93. The van der Waals surface area contributed by atoms with Crippen LogP contribution in [0.25, 0.3) is 0 Å². The first kappa shape index (κ1) is 17.0. The zero-order valence-electron chi connectivity index (χ0n) is 14.4. The van der Waals surface area contributed by atoms with Gasteiger partial charge < -0.3 is 20.1 Å². The highest BCUT2D eigenvalue weighted by atomic mass is 16.7. The average Bonchev–Trinajstić information content (AvgIpc) is 3.07. The summed E-state index contributed by atoms with van der Waals surface area (Å²) in [6, 6.07) is 5.59. The van der Waals surface area contributed by atoms with Crippen LogP contribution in [0.15, 0.2) is 30.6 Å². The van der Waals surface area contributed by atoms with E-state index >= 15 is 0 Å². The van der Waals surface area contributed by atoms with Gasteiger partial charge in [0.1, 0.15) is 0 Å². The summed E-state index contributed by atoms with van der Waals surface area (Å²) in [4.78, 5) is 20.6. The zero-order chi connectivity index (χ0) is 17.6. The Morgan fingerprint density at radius 2 is 1.96 bits per heavy atom. The molecule has 1 aromatic carbocycles. The molecule has 25 heavy (non-hydrogen) atoms. The van der Waals surface area contributed by atoms with Gasteiger partial charge >= 0.3 is 0 Å². The van der Waals surface area contributed by atoms with Crippen molar-refractivity contribution in [1.29, 1.82) is 0 Å². The fraction of sp³-hybridized carbons (Fsp3) is 0.389. The lowest BCUT2D eigenvalue weighted by Crippen LogP contribution is -2.23. The first-order valence-electron chi connectivity index (χ1n) is 8.34. The van der Waals surface area contributed by atoms with Gasteiger partial charge in [-0.05, 0) is 30.0 Å². The minimum Gasteiger partial charge on any atom is -0.454 e. The highest BCUT2D eigenvalue weighted by Gasteiger charge is 2.14. The van der Waals surface area contributed by atoms with E-state index in [-0.39, 0.29) is 12.7 Å². The molecule has 3 rings (SSSR count). The monoisotopic (exact) mass is 342 g/mol. The summed E-state index contributed by atoms with van der Waals surface area (Å²) in [5, 5.41) is 5.99. The van der Waals surface area contributed by atoms with Crippen LogP contribution in [0.5, 0.6) is 11.5 Å². The number of carbonyl (C=O) groups excluding carboxylic acids is 1. The third-order valence-electron chi connectivity index (χ3n) is 3.81. The summed E-state index contributed by atoms with van der Waals surface area (Å²) < 4.78 is 10.6. The van der Waals surface area contributed by atoms with E-state index < -0.39 is 0 Å². The van der Waals surface area contributed by atoms with Crippen LogP contribution in [0.3, 0.4) is 0 Å². The molecule has 0 saturated heterocycles. The number of hydrogen-bond acceptors (Lipinski definition) is 6. The molecule has 2 heterocycles. The zero-order valence-corrected chi connectivity index (χ0v) is 14.4. The van der Waals surface area contributed by atoms with E-state index in [9.17, 15) is 4.79 Å². The number of fused-ring (bicyclic) bond motifs is 1. The van der Waals surface area contributed by atoms with Crippen molar-refractivity contribution in [3.8, 4) is 11.5 Å². The number of hydrogen-bond donors (Lipinski definition) is 2. The largest absolute Gasteiger partial charge is 0.454 e. The number of aromatic nitrogens is 2. The van der Waals surface area contributed by atoms with Crippen LogP contribution in [0.1, 0.15) is 36.2 Å². The Hall–Kier alpha value is -2.83. The maximum absolute atomic E-state index is 12.2.